The van der Waals surface area contributed by atoms with Crippen molar-refractivity contribution >= 4 is 11.8 Å². The number of hydrogen-bond acceptors (Lipinski definition) is 6. The van der Waals surface area contributed by atoms with E-state index in [-0.39, 0.29) is 29.9 Å². The van der Waals surface area contributed by atoms with Crippen LogP contribution in [0.5, 0.6) is 11.5 Å². The molecule has 0 bridgehead atoms. The molecule has 2 fully saturated rings. The topological polar surface area (TPSA) is 89.1 Å². The van der Waals surface area contributed by atoms with Gasteiger partial charge >= 0.3 is 0 Å². The van der Waals surface area contributed by atoms with Gasteiger partial charge in [0, 0.05) is 62.8 Å². The molecular weight excluding hydrogens is 422 g/mol. The molecule has 0 radical (unpaired) electrons. The van der Waals surface area contributed by atoms with E-state index in [9.17, 15) is 9.59 Å². The standard InChI is InChI=1S/C25H39N3O5/c1-17(2)28(21-10-9-20(26-16-21)15-24(29)27-19-7-8-19)25(30)18-6-11-22(32-4)23(14-18)33-13-5-12-31-3/h6,11,14,17,19-21,26H,5,7-10,12-13,15-16H2,1-4H3,(H,27,29). The molecule has 1 aliphatic carbocycles. The van der Waals surface area contributed by atoms with Gasteiger partial charge in [0.25, 0.3) is 5.91 Å². The Balaban J connectivity index is 1.61. The zero-order valence-corrected chi connectivity index (χ0v) is 20.4. The van der Waals surface area contributed by atoms with Crippen LogP contribution in [0.25, 0.3) is 0 Å². The van der Waals surface area contributed by atoms with Crippen LogP contribution in [0.15, 0.2) is 18.2 Å². The van der Waals surface area contributed by atoms with Gasteiger partial charge in [0.05, 0.1) is 13.7 Å². The summed E-state index contributed by atoms with van der Waals surface area (Å²) >= 11 is 0. The Morgan fingerprint density at radius 2 is 1.91 bits per heavy atom. The van der Waals surface area contributed by atoms with E-state index in [0.717, 1.165) is 32.1 Å². The molecule has 1 heterocycles. The van der Waals surface area contributed by atoms with Crippen LogP contribution in [0.2, 0.25) is 0 Å². The third-order valence-electron chi connectivity index (χ3n) is 6.21. The number of rotatable bonds is 12. The molecule has 0 aromatic heterocycles. The first kappa shape index (κ1) is 25.3. The van der Waals surface area contributed by atoms with Crippen LogP contribution >= 0.6 is 0 Å². The molecule has 8 nitrogen and oxygen atoms in total. The van der Waals surface area contributed by atoms with Crippen molar-refractivity contribution in [1.29, 1.82) is 0 Å². The maximum absolute atomic E-state index is 13.5. The van der Waals surface area contributed by atoms with E-state index in [1.54, 1.807) is 32.4 Å². The Bertz CT molecular complexity index is 788. The van der Waals surface area contributed by atoms with Crippen molar-refractivity contribution in [1.82, 2.24) is 15.5 Å². The molecule has 0 spiro atoms. The van der Waals surface area contributed by atoms with Gasteiger partial charge in [-0.15, -0.1) is 0 Å². The monoisotopic (exact) mass is 461 g/mol. The summed E-state index contributed by atoms with van der Waals surface area (Å²) in [7, 11) is 3.25. The summed E-state index contributed by atoms with van der Waals surface area (Å²) in [6.45, 7) is 5.86. The number of nitrogens with zero attached hydrogens (tertiary/aromatic N) is 1. The summed E-state index contributed by atoms with van der Waals surface area (Å²) in [5.41, 5.74) is 0.581. The van der Waals surface area contributed by atoms with Gasteiger partial charge in [0.15, 0.2) is 11.5 Å². The third kappa shape index (κ3) is 7.33. The van der Waals surface area contributed by atoms with Crippen molar-refractivity contribution in [2.75, 3.05) is 34.0 Å². The normalized spacial score (nSPS) is 20.4. The lowest BCUT2D eigenvalue weighted by Gasteiger charge is -2.40. The number of hydrogen-bond donors (Lipinski definition) is 2. The quantitative estimate of drug-likeness (QED) is 0.466. The van der Waals surface area contributed by atoms with Crippen molar-refractivity contribution < 1.29 is 23.8 Å². The van der Waals surface area contributed by atoms with Crippen LogP contribution in [0.4, 0.5) is 0 Å². The smallest absolute Gasteiger partial charge is 0.254 e. The first-order valence-electron chi connectivity index (χ1n) is 12.1. The van der Waals surface area contributed by atoms with E-state index in [2.05, 4.69) is 10.6 Å². The van der Waals surface area contributed by atoms with E-state index < -0.39 is 0 Å². The number of methoxy groups -OCH3 is 2. The molecule has 1 saturated carbocycles. The van der Waals surface area contributed by atoms with Crippen LogP contribution in [0.1, 0.15) is 62.7 Å². The van der Waals surface area contributed by atoms with Gasteiger partial charge in [-0.1, -0.05) is 0 Å². The molecule has 1 aromatic carbocycles. The second kappa shape index (κ2) is 12.2. The van der Waals surface area contributed by atoms with Crippen LogP contribution in [-0.2, 0) is 9.53 Å². The van der Waals surface area contributed by atoms with E-state index in [4.69, 9.17) is 14.2 Å². The molecule has 1 aromatic rings. The Kier molecular flexibility index (Phi) is 9.38. The van der Waals surface area contributed by atoms with Gasteiger partial charge in [-0.25, -0.2) is 0 Å². The van der Waals surface area contributed by atoms with Crippen molar-refractivity contribution in [3.05, 3.63) is 23.8 Å². The van der Waals surface area contributed by atoms with Gasteiger partial charge in [0.2, 0.25) is 5.91 Å². The minimum Gasteiger partial charge on any atom is -0.493 e. The summed E-state index contributed by atoms with van der Waals surface area (Å²) < 4.78 is 16.3. The van der Waals surface area contributed by atoms with Gasteiger partial charge in [-0.05, 0) is 57.7 Å². The molecule has 1 aliphatic heterocycles. The van der Waals surface area contributed by atoms with Crippen molar-refractivity contribution in [3.8, 4) is 11.5 Å². The molecule has 184 valence electrons. The predicted molar refractivity (Wildman–Crippen MR) is 127 cm³/mol. The number of benzene rings is 1. The van der Waals surface area contributed by atoms with Crippen LogP contribution in [-0.4, -0.2) is 74.9 Å². The highest BCUT2D eigenvalue weighted by molar-refractivity contribution is 5.95. The fourth-order valence-corrected chi connectivity index (χ4v) is 4.33. The number of ether oxygens (including phenoxy) is 3. The number of carbonyl (C=O) groups excluding carboxylic acids is 2. The lowest BCUT2D eigenvalue weighted by molar-refractivity contribution is -0.121. The summed E-state index contributed by atoms with van der Waals surface area (Å²) in [5.74, 6) is 1.27. The molecule has 33 heavy (non-hydrogen) atoms. The minimum absolute atomic E-state index is 0.0221. The molecule has 2 unspecified atom stereocenters. The van der Waals surface area contributed by atoms with Crippen molar-refractivity contribution in [3.63, 3.8) is 0 Å². The van der Waals surface area contributed by atoms with Gasteiger partial charge in [-0.3, -0.25) is 9.59 Å². The largest absolute Gasteiger partial charge is 0.493 e. The lowest BCUT2D eigenvalue weighted by atomic mass is 9.95. The molecule has 2 atom stereocenters. The fraction of sp³-hybridized carbons (Fsp3) is 0.680. The zero-order chi connectivity index (χ0) is 23.8. The molecule has 1 saturated heterocycles. The first-order chi connectivity index (χ1) is 15.9. The van der Waals surface area contributed by atoms with Crippen LogP contribution in [0, 0.1) is 0 Å². The molecule has 2 amide bonds. The van der Waals surface area contributed by atoms with E-state index in [0.29, 0.717) is 49.3 Å². The Morgan fingerprint density at radius 1 is 1.12 bits per heavy atom. The fourth-order valence-electron chi connectivity index (χ4n) is 4.33. The summed E-state index contributed by atoms with van der Waals surface area (Å²) in [5, 5.41) is 6.55. The Morgan fingerprint density at radius 3 is 2.52 bits per heavy atom. The highest BCUT2D eigenvalue weighted by Crippen LogP contribution is 2.30. The van der Waals surface area contributed by atoms with E-state index in [1.165, 1.54) is 0 Å². The average molecular weight is 462 g/mol. The molecule has 8 heteroatoms. The highest BCUT2D eigenvalue weighted by Gasteiger charge is 2.32. The van der Waals surface area contributed by atoms with Crippen molar-refractivity contribution in [2.24, 2.45) is 0 Å². The first-order valence-corrected chi connectivity index (χ1v) is 12.1. The predicted octanol–water partition coefficient (Wildman–Crippen LogP) is 2.75. The minimum atomic E-state index is -0.0221. The maximum atomic E-state index is 13.5. The molecule has 2 N–H and O–H groups in total. The number of nitrogens with one attached hydrogen (secondary N) is 2. The van der Waals surface area contributed by atoms with Gasteiger partial charge in [-0.2, -0.15) is 0 Å². The second-order valence-electron chi connectivity index (χ2n) is 9.25. The lowest BCUT2D eigenvalue weighted by Crippen LogP contribution is -2.54. The van der Waals surface area contributed by atoms with Crippen LogP contribution < -0.4 is 20.1 Å². The Labute approximate surface area is 197 Å². The van der Waals surface area contributed by atoms with Crippen molar-refractivity contribution in [2.45, 2.75) is 76.5 Å². The molecule has 3 rings (SSSR count). The second-order valence-corrected chi connectivity index (χ2v) is 9.25. The van der Waals surface area contributed by atoms with Crippen LogP contribution in [0.3, 0.4) is 0 Å². The third-order valence-corrected chi connectivity index (χ3v) is 6.21. The maximum Gasteiger partial charge on any atom is 0.254 e. The van der Waals surface area contributed by atoms with E-state index in [1.807, 2.05) is 18.7 Å². The number of amides is 2. The highest BCUT2D eigenvalue weighted by atomic mass is 16.5. The molecular formula is C25H39N3O5. The average Bonchev–Trinajstić information content (AvgIpc) is 3.61. The summed E-state index contributed by atoms with van der Waals surface area (Å²) in [4.78, 5) is 27.6. The Hall–Kier alpha value is -2.32. The summed E-state index contributed by atoms with van der Waals surface area (Å²) in [6, 6.07) is 6.02. The van der Waals surface area contributed by atoms with Gasteiger partial charge in [0.1, 0.15) is 0 Å². The summed E-state index contributed by atoms with van der Waals surface area (Å²) in [6.07, 6.45) is 5.19. The van der Waals surface area contributed by atoms with E-state index >= 15 is 0 Å². The number of carbonyl (C=O) groups is 2. The SMILES string of the molecule is COCCCOc1cc(C(=O)N(C(C)C)C2CCC(CC(=O)NC3CC3)NC2)ccc1OC. The number of piperidine rings is 1. The van der Waals surface area contributed by atoms with Gasteiger partial charge < -0.3 is 29.7 Å². The zero-order valence-electron chi connectivity index (χ0n) is 20.4. The molecule has 2 aliphatic rings.